The van der Waals surface area contributed by atoms with E-state index in [0.717, 1.165) is 0 Å². The number of esters is 1. The normalized spacial score (nSPS) is 15.9. The number of alkyl halides is 9. The van der Waals surface area contributed by atoms with Gasteiger partial charge in [0.25, 0.3) is 0 Å². The van der Waals surface area contributed by atoms with Crippen molar-refractivity contribution < 1.29 is 53.3 Å². The third-order valence-electron chi connectivity index (χ3n) is 1.98. The Morgan fingerprint density at radius 1 is 1.00 bits per heavy atom. The second-order valence-corrected chi connectivity index (χ2v) is 4.90. The van der Waals surface area contributed by atoms with Crippen LogP contribution in [0, 0.1) is 0 Å². The van der Waals surface area contributed by atoms with Gasteiger partial charge in [0, 0.05) is 11.5 Å². The Labute approximate surface area is 119 Å². The minimum Gasteiger partial charge on any atom is -0.463 e. The summed E-state index contributed by atoms with van der Waals surface area (Å²) in [7, 11) is -4.35. The average Bonchev–Trinajstić information content (AvgIpc) is 2.34. The Morgan fingerprint density at radius 3 is 1.82 bits per heavy atom. The molecule has 0 N–H and O–H groups in total. The molecule has 0 aromatic heterocycles. The van der Waals surface area contributed by atoms with Crippen molar-refractivity contribution in [3.63, 3.8) is 0 Å². The molecule has 0 aromatic rings. The molecule has 1 atom stereocenters. The van der Waals surface area contributed by atoms with Crippen molar-refractivity contribution in [2.24, 2.45) is 0 Å². The molecule has 0 saturated carbocycles. The van der Waals surface area contributed by atoms with Crippen molar-refractivity contribution >= 4 is 16.8 Å². The highest BCUT2D eigenvalue weighted by molar-refractivity contribution is 7.89. The Morgan fingerprint density at radius 2 is 1.45 bits per heavy atom. The SMILES string of the molecule is CCOC(=O)C=CS(=O)C(F)(F)C(F)(F)C(F)(F)C(F)(F)F. The zero-order valence-electron chi connectivity index (χ0n) is 10.4. The van der Waals surface area contributed by atoms with E-state index in [1.54, 1.807) is 0 Å². The van der Waals surface area contributed by atoms with Crippen LogP contribution in [0.15, 0.2) is 11.5 Å². The van der Waals surface area contributed by atoms with Crippen LogP contribution >= 0.6 is 0 Å². The first-order valence-electron chi connectivity index (χ1n) is 5.08. The lowest BCUT2D eigenvalue weighted by molar-refractivity contribution is -0.381. The van der Waals surface area contributed by atoms with E-state index < -0.39 is 45.5 Å². The summed E-state index contributed by atoms with van der Waals surface area (Å²) in [4.78, 5) is 10.7. The van der Waals surface area contributed by atoms with E-state index in [9.17, 15) is 48.5 Å². The monoisotopic (exact) mass is 366 g/mol. The molecule has 0 aliphatic rings. The molecule has 13 heteroatoms. The van der Waals surface area contributed by atoms with Gasteiger partial charge in [-0.3, -0.25) is 0 Å². The molecule has 0 aliphatic carbocycles. The van der Waals surface area contributed by atoms with Gasteiger partial charge in [0.2, 0.25) is 0 Å². The maximum absolute atomic E-state index is 13.0. The van der Waals surface area contributed by atoms with Gasteiger partial charge >= 0.3 is 29.2 Å². The molecule has 0 fully saturated rings. The van der Waals surface area contributed by atoms with E-state index >= 15 is 0 Å². The fraction of sp³-hybridized carbons (Fsp3) is 0.667. The van der Waals surface area contributed by atoms with Gasteiger partial charge in [0.1, 0.15) is 10.8 Å². The van der Waals surface area contributed by atoms with Gasteiger partial charge in [0.05, 0.1) is 6.61 Å². The highest BCUT2D eigenvalue weighted by Gasteiger charge is 2.83. The zero-order valence-corrected chi connectivity index (χ0v) is 11.2. The number of hydrogen-bond donors (Lipinski definition) is 0. The van der Waals surface area contributed by atoms with Gasteiger partial charge in [-0.25, -0.2) is 9.00 Å². The van der Waals surface area contributed by atoms with Crippen LogP contribution in [0.2, 0.25) is 0 Å². The Balaban J connectivity index is 5.54. The standard InChI is InChI=1S/C9H7F9O3S/c1-2-21-5(19)3-4-22(20)9(17,18)7(12,13)6(10,11)8(14,15)16/h3-4H,2H2,1H3. The third kappa shape index (κ3) is 3.73. The van der Waals surface area contributed by atoms with Crippen LogP contribution in [0.5, 0.6) is 0 Å². The largest absolute Gasteiger partial charge is 0.463 e. The number of carbonyl (C=O) groups excluding carboxylic acids is 1. The predicted molar refractivity (Wildman–Crippen MR) is 54.8 cm³/mol. The van der Waals surface area contributed by atoms with Gasteiger partial charge in [-0.15, -0.1) is 0 Å². The lowest BCUT2D eigenvalue weighted by atomic mass is 10.1. The number of hydrogen-bond acceptors (Lipinski definition) is 3. The van der Waals surface area contributed by atoms with Crippen LogP contribution in [0.25, 0.3) is 0 Å². The van der Waals surface area contributed by atoms with E-state index in [1.165, 1.54) is 6.92 Å². The van der Waals surface area contributed by atoms with Gasteiger partial charge in [-0.1, -0.05) is 0 Å². The molecule has 0 aliphatic heterocycles. The molecule has 1 unspecified atom stereocenters. The van der Waals surface area contributed by atoms with Crippen LogP contribution < -0.4 is 0 Å². The molecule has 0 amide bonds. The first-order valence-corrected chi connectivity index (χ1v) is 6.30. The van der Waals surface area contributed by atoms with Crippen LogP contribution in [0.1, 0.15) is 6.92 Å². The fourth-order valence-electron chi connectivity index (χ4n) is 0.880. The van der Waals surface area contributed by atoms with Gasteiger partial charge in [-0.2, -0.15) is 39.5 Å². The van der Waals surface area contributed by atoms with Crippen molar-refractivity contribution in [1.82, 2.24) is 0 Å². The van der Waals surface area contributed by atoms with E-state index in [-0.39, 0.29) is 12.7 Å². The second kappa shape index (κ2) is 6.46. The number of rotatable bonds is 6. The molecule has 0 aromatic carbocycles. The molecule has 0 heterocycles. The third-order valence-corrected chi connectivity index (χ3v) is 3.13. The summed E-state index contributed by atoms with van der Waals surface area (Å²) < 4.78 is 127. The molecule has 0 bridgehead atoms. The minimum atomic E-state index is -7.14. The Hall–Kier alpha value is -1.27. The zero-order chi connectivity index (χ0) is 18.0. The minimum absolute atomic E-state index is 0.0602. The summed E-state index contributed by atoms with van der Waals surface area (Å²) in [6.07, 6.45) is -7.07. The first-order chi connectivity index (χ1) is 9.63. The highest BCUT2D eigenvalue weighted by atomic mass is 32.2. The molecule has 0 rings (SSSR count). The molecule has 3 nitrogen and oxygen atoms in total. The molecule has 22 heavy (non-hydrogen) atoms. The quantitative estimate of drug-likeness (QED) is 0.412. The van der Waals surface area contributed by atoms with E-state index in [4.69, 9.17) is 0 Å². The van der Waals surface area contributed by atoms with Crippen LogP contribution in [0.3, 0.4) is 0 Å². The summed E-state index contributed by atoms with van der Waals surface area (Å²) in [5.74, 6) is -15.6. The summed E-state index contributed by atoms with van der Waals surface area (Å²) in [6, 6.07) is 0. The molecule has 130 valence electrons. The summed E-state index contributed by atoms with van der Waals surface area (Å²) >= 11 is 0. The lowest BCUT2D eigenvalue weighted by Crippen LogP contribution is -2.61. The molecule has 0 spiro atoms. The fourth-order valence-corrected chi connectivity index (χ4v) is 1.67. The first kappa shape index (κ1) is 20.7. The maximum Gasteiger partial charge on any atom is 0.460 e. The summed E-state index contributed by atoms with van der Waals surface area (Å²) in [6.45, 7) is 0.976. The second-order valence-electron chi connectivity index (χ2n) is 3.52. The summed E-state index contributed by atoms with van der Waals surface area (Å²) in [5.41, 5.74) is 0. The Kier molecular flexibility index (Phi) is 6.09. The van der Waals surface area contributed by atoms with Gasteiger partial charge < -0.3 is 4.74 Å². The Bertz CT molecular complexity index is 469. The number of halogens is 9. The lowest BCUT2D eigenvalue weighted by Gasteiger charge is -2.32. The molecular formula is C9H7F9O3S. The highest BCUT2D eigenvalue weighted by Crippen LogP contribution is 2.54. The molecular weight excluding hydrogens is 359 g/mol. The summed E-state index contributed by atoms with van der Waals surface area (Å²) in [5, 5.41) is -6.76. The van der Waals surface area contributed by atoms with E-state index in [0.29, 0.717) is 0 Å². The van der Waals surface area contributed by atoms with E-state index in [1.807, 2.05) is 0 Å². The number of ether oxygens (including phenoxy) is 1. The van der Waals surface area contributed by atoms with Crippen molar-refractivity contribution in [3.8, 4) is 0 Å². The van der Waals surface area contributed by atoms with E-state index in [2.05, 4.69) is 4.74 Å². The van der Waals surface area contributed by atoms with Crippen molar-refractivity contribution in [3.05, 3.63) is 11.5 Å². The van der Waals surface area contributed by atoms with Crippen LogP contribution in [-0.4, -0.2) is 40.1 Å². The van der Waals surface area contributed by atoms with Gasteiger partial charge in [-0.05, 0) is 6.92 Å². The van der Waals surface area contributed by atoms with Crippen molar-refractivity contribution in [2.75, 3.05) is 6.61 Å². The topological polar surface area (TPSA) is 43.4 Å². The smallest absolute Gasteiger partial charge is 0.460 e. The van der Waals surface area contributed by atoms with Crippen molar-refractivity contribution in [1.29, 1.82) is 0 Å². The van der Waals surface area contributed by atoms with Gasteiger partial charge in [0.15, 0.2) is 0 Å². The predicted octanol–water partition coefficient (Wildman–Crippen LogP) is 3.24. The molecule has 0 radical (unpaired) electrons. The van der Waals surface area contributed by atoms with Crippen LogP contribution in [0.4, 0.5) is 39.5 Å². The van der Waals surface area contributed by atoms with Crippen molar-refractivity contribution in [2.45, 2.75) is 30.2 Å². The molecule has 0 saturated heterocycles. The maximum atomic E-state index is 13.0. The van der Waals surface area contributed by atoms with Crippen LogP contribution in [-0.2, 0) is 20.3 Å². The average molecular weight is 366 g/mol. The number of carbonyl (C=O) groups is 1.